The third kappa shape index (κ3) is 3.90. The quantitative estimate of drug-likeness (QED) is 0.677. The van der Waals surface area contributed by atoms with E-state index >= 15 is 0 Å². The fraction of sp³-hybridized carbons (Fsp3) is 0.421. The van der Waals surface area contributed by atoms with Gasteiger partial charge in [-0.25, -0.2) is 0 Å². The second-order valence-corrected chi connectivity index (χ2v) is 6.47. The Morgan fingerprint density at radius 2 is 2.08 bits per heavy atom. The number of fused-ring (bicyclic) bond motifs is 1. The lowest BCUT2D eigenvalue weighted by atomic mass is 9.95. The van der Waals surface area contributed by atoms with Gasteiger partial charge in [-0.15, -0.1) is 0 Å². The van der Waals surface area contributed by atoms with Gasteiger partial charge >= 0.3 is 5.97 Å². The maximum absolute atomic E-state index is 12.7. The van der Waals surface area contributed by atoms with Crippen LogP contribution in [0.25, 0.3) is 0 Å². The van der Waals surface area contributed by atoms with Crippen LogP contribution >= 0.6 is 0 Å². The number of nitrogens with zero attached hydrogens (tertiary/aromatic N) is 1. The zero-order valence-corrected chi connectivity index (χ0v) is 14.2. The highest BCUT2D eigenvalue weighted by Crippen LogP contribution is 2.31. The number of allylic oxidation sites excluding steroid dienone is 2. The summed E-state index contributed by atoms with van der Waals surface area (Å²) in [6.45, 7) is 1.50. The van der Waals surface area contributed by atoms with E-state index in [1.54, 1.807) is 23.1 Å². The van der Waals surface area contributed by atoms with Crippen LogP contribution in [0.5, 0.6) is 0 Å². The predicted molar refractivity (Wildman–Crippen MR) is 94.1 cm³/mol. The number of anilines is 2. The lowest BCUT2D eigenvalue weighted by molar-refractivity contribution is -0.152. The van der Waals surface area contributed by atoms with Crippen molar-refractivity contribution in [2.45, 2.75) is 38.6 Å². The third-order valence-corrected chi connectivity index (χ3v) is 4.57. The van der Waals surface area contributed by atoms with Gasteiger partial charge in [-0.1, -0.05) is 24.3 Å². The molecule has 0 bridgehead atoms. The van der Waals surface area contributed by atoms with E-state index in [2.05, 4.69) is 11.4 Å². The van der Waals surface area contributed by atoms with E-state index in [4.69, 9.17) is 4.74 Å². The van der Waals surface area contributed by atoms with Crippen molar-refractivity contribution in [3.63, 3.8) is 0 Å². The number of hydrogen-bond donors (Lipinski definition) is 1. The maximum Gasteiger partial charge on any atom is 0.309 e. The summed E-state index contributed by atoms with van der Waals surface area (Å²) in [7, 11) is 0. The summed E-state index contributed by atoms with van der Waals surface area (Å²) in [5, 5.41) is 2.81. The van der Waals surface area contributed by atoms with Gasteiger partial charge in [0.1, 0.15) is 0 Å². The number of carbonyl (C=O) groups is 3. The molecule has 0 saturated carbocycles. The fourth-order valence-corrected chi connectivity index (χ4v) is 3.30. The first-order valence-corrected chi connectivity index (χ1v) is 8.59. The highest BCUT2D eigenvalue weighted by Gasteiger charge is 2.30. The Morgan fingerprint density at radius 3 is 2.84 bits per heavy atom. The number of benzene rings is 1. The molecule has 1 aliphatic heterocycles. The summed E-state index contributed by atoms with van der Waals surface area (Å²) in [5.41, 5.74) is 1.22. The number of amides is 2. The van der Waals surface area contributed by atoms with Gasteiger partial charge in [0.25, 0.3) is 5.91 Å². The molecule has 1 aliphatic carbocycles. The largest absolute Gasteiger partial charge is 0.455 e. The Kier molecular flexibility index (Phi) is 5.16. The Morgan fingerprint density at radius 1 is 1.28 bits per heavy atom. The normalized spacial score (nSPS) is 22.6. The molecule has 3 rings (SSSR count). The molecule has 0 fully saturated rings. The molecule has 2 amide bonds. The average molecular weight is 342 g/mol. The molecule has 1 aromatic carbocycles. The van der Waals surface area contributed by atoms with Crippen molar-refractivity contribution in [2.75, 3.05) is 16.8 Å². The number of carbonyl (C=O) groups excluding carboxylic acids is 3. The maximum atomic E-state index is 12.7. The van der Waals surface area contributed by atoms with Crippen molar-refractivity contribution in [1.29, 1.82) is 0 Å². The summed E-state index contributed by atoms with van der Waals surface area (Å²) in [5.74, 6) is -0.963. The Hall–Kier alpha value is -2.63. The van der Waals surface area contributed by atoms with Crippen LogP contribution in [0.1, 0.15) is 32.6 Å². The van der Waals surface area contributed by atoms with Gasteiger partial charge in [-0.2, -0.15) is 0 Å². The average Bonchev–Trinajstić information content (AvgIpc) is 2.74. The first-order chi connectivity index (χ1) is 12.1. The van der Waals surface area contributed by atoms with E-state index in [0.717, 1.165) is 12.8 Å². The van der Waals surface area contributed by atoms with Gasteiger partial charge in [-0.05, 0) is 38.3 Å². The van der Waals surface area contributed by atoms with Crippen LogP contribution < -0.4 is 10.2 Å². The van der Waals surface area contributed by atoms with Gasteiger partial charge in [0, 0.05) is 12.5 Å². The Balaban J connectivity index is 1.71. The molecule has 0 saturated heterocycles. The van der Waals surface area contributed by atoms with E-state index in [1.165, 1.54) is 0 Å². The van der Waals surface area contributed by atoms with E-state index in [-0.39, 0.29) is 42.8 Å². The van der Waals surface area contributed by atoms with Gasteiger partial charge in [0.05, 0.1) is 17.3 Å². The van der Waals surface area contributed by atoms with Crippen molar-refractivity contribution in [3.8, 4) is 0 Å². The zero-order chi connectivity index (χ0) is 17.8. The standard InChI is InChI=1S/C19H22N2O4/c1-13-11-17(22)20-15-9-5-6-10-16(15)21(13)18(23)12-25-19(24)14-7-3-2-4-8-14/h2-3,5-6,9-10,13-14H,4,7-8,11-12H2,1H3,(H,20,22)/t13-,14-/m0/s1. The molecule has 0 aromatic heterocycles. The molecule has 6 nitrogen and oxygen atoms in total. The summed E-state index contributed by atoms with van der Waals surface area (Å²) < 4.78 is 5.26. The van der Waals surface area contributed by atoms with Crippen molar-refractivity contribution < 1.29 is 19.1 Å². The summed E-state index contributed by atoms with van der Waals surface area (Å²) >= 11 is 0. The van der Waals surface area contributed by atoms with Gasteiger partial charge < -0.3 is 15.0 Å². The Bertz CT molecular complexity index is 713. The van der Waals surface area contributed by atoms with Gasteiger partial charge in [-0.3, -0.25) is 14.4 Å². The first kappa shape index (κ1) is 17.2. The minimum absolute atomic E-state index is 0.138. The summed E-state index contributed by atoms with van der Waals surface area (Å²) in [4.78, 5) is 38.4. The number of para-hydroxylation sites is 2. The highest BCUT2D eigenvalue weighted by molar-refractivity contribution is 6.05. The van der Waals surface area contributed by atoms with E-state index in [1.807, 2.05) is 19.1 Å². The molecule has 2 aliphatic rings. The molecule has 0 unspecified atom stereocenters. The monoisotopic (exact) mass is 342 g/mol. The third-order valence-electron chi connectivity index (χ3n) is 4.57. The minimum atomic E-state index is -0.331. The minimum Gasteiger partial charge on any atom is -0.455 e. The number of hydrogen-bond acceptors (Lipinski definition) is 4. The molecular formula is C19H22N2O4. The summed E-state index contributed by atoms with van der Waals surface area (Å²) in [6, 6.07) is 6.83. The van der Waals surface area contributed by atoms with E-state index in [0.29, 0.717) is 17.8 Å². The Labute approximate surface area is 146 Å². The smallest absolute Gasteiger partial charge is 0.309 e. The van der Waals surface area contributed by atoms with Crippen LogP contribution in [0, 0.1) is 5.92 Å². The zero-order valence-electron chi connectivity index (χ0n) is 14.2. The van der Waals surface area contributed by atoms with Crippen LogP contribution in [0.15, 0.2) is 36.4 Å². The predicted octanol–water partition coefficient (Wildman–Crippen LogP) is 2.65. The van der Waals surface area contributed by atoms with E-state index in [9.17, 15) is 14.4 Å². The number of ether oxygens (including phenoxy) is 1. The second kappa shape index (κ2) is 7.51. The molecule has 132 valence electrons. The molecule has 6 heteroatoms. The molecule has 1 aromatic rings. The van der Waals surface area contributed by atoms with Crippen molar-refractivity contribution in [3.05, 3.63) is 36.4 Å². The first-order valence-electron chi connectivity index (χ1n) is 8.59. The van der Waals surface area contributed by atoms with Crippen molar-refractivity contribution >= 4 is 29.2 Å². The lowest BCUT2D eigenvalue weighted by Gasteiger charge is -2.28. The number of esters is 1. The molecule has 25 heavy (non-hydrogen) atoms. The topological polar surface area (TPSA) is 75.7 Å². The van der Waals surface area contributed by atoms with E-state index < -0.39 is 0 Å². The van der Waals surface area contributed by atoms with Gasteiger partial charge in [0.15, 0.2) is 6.61 Å². The number of nitrogens with one attached hydrogen (secondary N) is 1. The van der Waals surface area contributed by atoms with Crippen LogP contribution in [-0.2, 0) is 19.1 Å². The molecule has 0 spiro atoms. The van der Waals surface area contributed by atoms with Gasteiger partial charge in [0.2, 0.25) is 5.91 Å². The van der Waals surface area contributed by atoms with Crippen molar-refractivity contribution in [1.82, 2.24) is 0 Å². The second-order valence-electron chi connectivity index (χ2n) is 6.47. The van der Waals surface area contributed by atoms with Crippen LogP contribution in [0.3, 0.4) is 0 Å². The van der Waals surface area contributed by atoms with Crippen molar-refractivity contribution in [2.24, 2.45) is 5.92 Å². The number of rotatable bonds is 3. The highest BCUT2D eigenvalue weighted by atomic mass is 16.5. The molecular weight excluding hydrogens is 320 g/mol. The molecule has 1 N–H and O–H groups in total. The molecule has 1 heterocycles. The molecule has 0 radical (unpaired) electrons. The SMILES string of the molecule is C[C@H]1CC(=O)Nc2ccccc2N1C(=O)COC(=O)[C@H]1CC=CCC1. The summed E-state index contributed by atoms with van der Waals surface area (Å²) in [6.07, 6.45) is 6.50. The fourth-order valence-electron chi connectivity index (χ4n) is 3.30. The van der Waals surface area contributed by atoms with Crippen LogP contribution in [-0.4, -0.2) is 30.4 Å². The van der Waals surface area contributed by atoms with Crippen LogP contribution in [0.4, 0.5) is 11.4 Å². The van der Waals surface area contributed by atoms with Crippen LogP contribution in [0.2, 0.25) is 0 Å². The lowest BCUT2D eigenvalue weighted by Crippen LogP contribution is -2.41. The molecule has 2 atom stereocenters.